The van der Waals surface area contributed by atoms with Gasteiger partial charge in [0.05, 0.1) is 27.7 Å². The highest BCUT2D eigenvalue weighted by Crippen LogP contribution is 2.43. The van der Waals surface area contributed by atoms with Crippen molar-refractivity contribution >= 4 is 19.8 Å². The van der Waals surface area contributed by atoms with Crippen LogP contribution in [0.3, 0.4) is 0 Å². The Balaban J connectivity index is 4.17. The molecule has 0 heterocycles. The average Bonchev–Trinajstić information content (AvgIpc) is 3.16. The number of phosphoric ester groups is 1. The molecule has 0 aromatic carbocycles. The van der Waals surface area contributed by atoms with Crippen molar-refractivity contribution in [2.75, 3.05) is 47.5 Å². The lowest BCUT2D eigenvalue weighted by molar-refractivity contribution is -0.870. The van der Waals surface area contributed by atoms with E-state index in [0.717, 1.165) is 38.5 Å². The number of hydrogen-bond donors (Lipinski definition) is 1. The Hall–Kier alpha value is -0.990. The van der Waals surface area contributed by atoms with E-state index in [9.17, 15) is 19.0 Å². The van der Waals surface area contributed by atoms with Gasteiger partial charge in [0, 0.05) is 12.8 Å². The molecular weight excluding hydrogens is 737 g/mol. The number of esters is 2. The number of rotatable bonds is 45. The van der Waals surface area contributed by atoms with Crippen LogP contribution in [0.4, 0.5) is 0 Å². The van der Waals surface area contributed by atoms with E-state index in [-0.39, 0.29) is 25.6 Å². The second-order valence-electron chi connectivity index (χ2n) is 17.9. The highest BCUT2D eigenvalue weighted by atomic mass is 31.2. The number of ether oxygens (including phenoxy) is 2. The standard InChI is InChI=1S/C47H94NO8P/c1-6-8-10-12-14-16-18-20-21-22-23-24-25-26-27-28-30-31-33-35-37-39-46(49)53-43-45(44-55-57(51,52)54-42-41-48(3,4)5)56-47(50)40-38-36-34-32-29-19-17-15-13-11-9-7-2/h45H,6-44H2,1-5H3/p+1. The van der Waals surface area contributed by atoms with Gasteiger partial charge in [-0.25, -0.2) is 4.57 Å². The molecule has 0 saturated heterocycles. The van der Waals surface area contributed by atoms with Crippen LogP contribution < -0.4 is 0 Å². The Bertz CT molecular complexity index is 943. The van der Waals surface area contributed by atoms with Gasteiger partial charge >= 0.3 is 19.8 Å². The van der Waals surface area contributed by atoms with Gasteiger partial charge in [-0.2, -0.15) is 0 Å². The Morgan fingerprint density at radius 1 is 0.474 bits per heavy atom. The summed E-state index contributed by atoms with van der Waals surface area (Å²) in [5.74, 6) is -0.781. The Labute approximate surface area is 353 Å². The lowest BCUT2D eigenvalue weighted by Gasteiger charge is -2.24. The zero-order valence-corrected chi connectivity index (χ0v) is 39.2. The molecule has 340 valence electrons. The van der Waals surface area contributed by atoms with Gasteiger partial charge in [0.15, 0.2) is 6.10 Å². The number of carbonyl (C=O) groups excluding carboxylic acids is 2. The second-order valence-corrected chi connectivity index (χ2v) is 19.3. The highest BCUT2D eigenvalue weighted by Gasteiger charge is 2.27. The van der Waals surface area contributed by atoms with E-state index in [0.29, 0.717) is 17.4 Å². The quantitative estimate of drug-likeness (QED) is 0.0280. The Kier molecular flexibility index (Phi) is 39.7. The SMILES string of the molecule is CCCCCCCCCCCCCCCCCCCCCCCC(=O)OCC(COP(=O)(O)OCC[N+](C)(C)C)OC(=O)CCCCCCCCCCCCCC. The lowest BCUT2D eigenvalue weighted by atomic mass is 10.0. The molecule has 10 heteroatoms. The van der Waals surface area contributed by atoms with Gasteiger partial charge in [-0.1, -0.05) is 213 Å². The van der Waals surface area contributed by atoms with Crippen LogP contribution in [-0.4, -0.2) is 74.9 Å². The average molecular weight is 833 g/mol. The molecule has 0 spiro atoms. The number of unbranched alkanes of at least 4 members (excludes halogenated alkanes) is 31. The summed E-state index contributed by atoms with van der Waals surface area (Å²) in [4.78, 5) is 35.4. The predicted molar refractivity (Wildman–Crippen MR) is 238 cm³/mol. The van der Waals surface area contributed by atoms with Crippen LogP contribution in [0, 0.1) is 0 Å². The van der Waals surface area contributed by atoms with Crippen molar-refractivity contribution < 1.29 is 42.1 Å². The first-order valence-corrected chi connectivity index (χ1v) is 25.8. The minimum absolute atomic E-state index is 0.0369. The summed E-state index contributed by atoms with van der Waals surface area (Å²) < 4.78 is 34.4. The Morgan fingerprint density at radius 3 is 1.12 bits per heavy atom. The third-order valence-electron chi connectivity index (χ3n) is 10.9. The molecule has 0 bridgehead atoms. The van der Waals surface area contributed by atoms with E-state index in [1.54, 1.807) is 0 Å². The largest absolute Gasteiger partial charge is 0.472 e. The lowest BCUT2D eigenvalue weighted by Crippen LogP contribution is -2.37. The summed E-state index contributed by atoms with van der Waals surface area (Å²) in [6.45, 7) is 4.47. The zero-order chi connectivity index (χ0) is 42.1. The maximum absolute atomic E-state index is 12.7. The van der Waals surface area contributed by atoms with Crippen LogP contribution in [0.1, 0.15) is 239 Å². The molecule has 0 amide bonds. The van der Waals surface area contributed by atoms with E-state index in [1.807, 2.05) is 21.1 Å². The third-order valence-corrected chi connectivity index (χ3v) is 11.9. The van der Waals surface area contributed by atoms with E-state index in [1.165, 1.54) is 173 Å². The van der Waals surface area contributed by atoms with Crippen molar-refractivity contribution in [1.82, 2.24) is 0 Å². The summed E-state index contributed by atoms with van der Waals surface area (Å²) in [6, 6.07) is 0. The van der Waals surface area contributed by atoms with Crippen LogP contribution in [0.25, 0.3) is 0 Å². The molecule has 0 radical (unpaired) electrons. The molecule has 1 N–H and O–H groups in total. The van der Waals surface area contributed by atoms with Crippen LogP contribution >= 0.6 is 7.82 Å². The van der Waals surface area contributed by atoms with Crippen molar-refractivity contribution in [1.29, 1.82) is 0 Å². The van der Waals surface area contributed by atoms with Gasteiger partial charge in [-0.15, -0.1) is 0 Å². The predicted octanol–water partition coefficient (Wildman–Crippen LogP) is 14.0. The fourth-order valence-corrected chi connectivity index (χ4v) is 7.82. The van der Waals surface area contributed by atoms with Crippen molar-refractivity contribution in [2.45, 2.75) is 245 Å². The van der Waals surface area contributed by atoms with Crippen molar-refractivity contribution in [3.63, 3.8) is 0 Å². The molecule has 0 aromatic heterocycles. The fourth-order valence-electron chi connectivity index (χ4n) is 7.08. The number of hydrogen-bond acceptors (Lipinski definition) is 7. The molecule has 0 aliphatic heterocycles. The van der Waals surface area contributed by atoms with E-state index in [2.05, 4.69) is 13.8 Å². The number of likely N-dealkylation sites (N-methyl/N-ethyl adjacent to an activating group) is 1. The maximum Gasteiger partial charge on any atom is 0.472 e. The number of phosphoric acid groups is 1. The normalized spacial score (nSPS) is 13.4. The molecular formula is C47H95NO8P+. The van der Waals surface area contributed by atoms with Crippen LogP contribution in [0.2, 0.25) is 0 Å². The summed E-state index contributed by atoms with van der Waals surface area (Å²) in [5.41, 5.74) is 0. The summed E-state index contributed by atoms with van der Waals surface area (Å²) in [7, 11) is 1.49. The summed E-state index contributed by atoms with van der Waals surface area (Å²) in [6.07, 6.45) is 41.5. The minimum atomic E-state index is -4.37. The van der Waals surface area contributed by atoms with Crippen LogP contribution in [-0.2, 0) is 32.7 Å². The summed E-state index contributed by atoms with van der Waals surface area (Å²) in [5, 5.41) is 0. The molecule has 0 aliphatic rings. The van der Waals surface area contributed by atoms with Crippen molar-refractivity contribution in [3.05, 3.63) is 0 Å². The number of carbonyl (C=O) groups is 2. The first-order valence-electron chi connectivity index (χ1n) is 24.3. The molecule has 57 heavy (non-hydrogen) atoms. The first kappa shape index (κ1) is 56.0. The molecule has 0 saturated carbocycles. The Morgan fingerprint density at radius 2 is 0.789 bits per heavy atom. The monoisotopic (exact) mass is 833 g/mol. The van der Waals surface area contributed by atoms with E-state index < -0.39 is 26.5 Å². The van der Waals surface area contributed by atoms with Gasteiger partial charge < -0.3 is 18.9 Å². The zero-order valence-electron chi connectivity index (χ0n) is 38.4. The number of quaternary nitrogens is 1. The molecule has 9 nitrogen and oxygen atoms in total. The molecule has 2 unspecified atom stereocenters. The van der Waals surface area contributed by atoms with Crippen LogP contribution in [0.15, 0.2) is 0 Å². The number of nitrogens with zero attached hydrogens (tertiary/aromatic N) is 1. The summed E-state index contributed by atoms with van der Waals surface area (Å²) >= 11 is 0. The first-order chi connectivity index (χ1) is 27.5. The van der Waals surface area contributed by atoms with Gasteiger partial charge in [-0.05, 0) is 12.8 Å². The minimum Gasteiger partial charge on any atom is -0.462 e. The van der Waals surface area contributed by atoms with Gasteiger partial charge in [0.25, 0.3) is 0 Å². The highest BCUT2D eigenvalue weighted by molar-refractivity contribution is 7.47. The van der Waals surface area contributed by atoms with Gasteiger partial charge in [0.1, 0.15) is 19.8 Å². The molecule has 0 fully saturated rings. The van der Waals surface area contributed by atoms with Crippen molar-refractivity contribution in [2.24, 2.45) is 0 Å². The smallest absolute Gasteiger partial charge is 0.462 e. The second kappa shape index (κ2) is 40.4. The molecule has 0 rings (SSSR count). The molecule has 2 atom stereocenters. The van der Waals surface area contributed by atoms with E-state index in [4.69, 9.17) is 18.5 Å². The fraction of sp³-hybridized carbons (Fsp3) is 0.957. The van der Waals surface area contributed by atoms with E-state index >= 15 is 0 Å². The van der Waals surface area contributed by atoms with Crippen LogP contribution in [0.5, 0.6) is 0 Å². The third kappa shape index (κ3) is 44.4. The molecule has 0 aromatic rings. The maximum atomic E-state index is 12.7. The van der Waals surface area contributed by atoms with Crippen molar-refractivity contribution in [3.8, 4) is 0 Å². The molecule has 0 aliphatic carbocycles. The van der Waals surface area contributed by atoms with Gasteiger partial charge in [-0.3, -0.25) is 18.6 Å². The topological polar surface area (TPSA) is 108 Å². The van der Waals surface area contributed by atoms with Gasteiger partial charge in [0.2, 0.25) is 0 Å².